The largest absolute Gasteiger partial charge is 0.311 e. The zero-order chi connectivity index (χ0) is 37.4. The lowest BCUT2D eigenvalue weighted by Gasteiger charge is -2.27. The van der Waals surface area contributed by atoms with Crippen molar-refractivity contribution >= 4 is 44.8 Å². The van der Waals surface area contributed by atoms with Crippen molar-refractivity contribution in [1.29, 1.82) is 0 Å². The van der Waals surface area contributed by atoms with E-state index < -0.39 is 0 Å². The van der Waals surface area contributed by atoms with Crippen LogP contribution in [0.15, 0.2) is 237 Å². The molecule has 2 heteroatoms. The van der Waals surface area contributed by atoms with Gasteiger partial charge in [0.15, 0.2) is 0 Å². The van der Waals surface area contributed by atoms with E-state index in [1.807, 2.05) is 12.1 Å². The van der Waals surface area contributed by atoms with E-state index in [-0.39, 0.29) is 0 Å². The first kappa shape index (κ1) is 34.9. The Bertz CT molecular complexity index is 2560. The van der Waals surface area contributed by atoms with Gasteiger partial charge < -0.3 is 9.80 Å². The molecule has 0 aliphatic rings. The summed E-state index contributed by atoms with van der Waals surface area (Å²) in [6.07, 6.45) is 6.26. The third-order valence-electron chi connectivity index (χ3n) is 10.0. The molecule has 0 radical (unpaired) electrons. The SMILES string of the molecule is C=C/C(=C\C=C(/C)c1ccccc1)N(c1ccc(-c2ccccc2)cc1)c1ccc(-c2ccc(N(c3ccccc3)c3cccc4ccccc34)cc2)cc1. The Morgan fingerprint density at radius 1 is 0.418 bits per heavy atom. The van der Waals surface area contributed by atoms with Crippen LogP contribution in [0.2, 0.25) is 0 Å². The summed E-state index contributed by atoms with van der Waals surface area (Å²) in [4.78, 5) is 4.61. The summed E-state index contributed by atoms with van der Waals surface area (Å²) in [5.41, 5.74) is 13.5. The van der Waals surface area contributed by atoms with Gasteiger partial charge in [-0.1, -0.05) is 164 Å². The second-order valence-corrected chi connectivity index (χ2v) is 13.5. The summed E-state index contributed by atoms with van der Waals surface area (Å²) < 4.78 is 0. The fourth-order valence-electron chi connectivity index (χ4n) is 7.14. The molecule has 0 bridgehead atoms. The van der Waals surface area contributed by atoms with Crippen molar-refractivity contribution in [2.24, 2.45) is 0 Å². The van der Waals surface area contributed by atoms with Gasteiger partial charge in [0.25, 0.3) is 0 Å². The molecule has 0 aromatic heterocycles. The van der Waals surface area contributed by atoms with Gasteiger partial charge in [-0.3, -0.25) is 0 Å². The topological polar surface area (TPSA) is 6.48 Å². The molecule has 0 spiro atoms. The van der Waals surface area contributed by atoms with Gasteiger partial charge in [-0.2, -0.15) is 0 Å². The van der Waals surface area contributed by atoms with Crippen LogP contribution in [0.4, 0.5) is 28.4 Å². The minimum atomic E-state index is 0.981. The molecule has 2 nitrogen and oxygen atoms in total. The van der Waals surface area contributed by atoms with Gasteiger partial charge >= 0.3 is 0 Å². The summed E-state index contributed by atoms with van der Waals surface area (Å²) in [6, 6.07) is 73.1. The van der Waals surface area contributed by atoms with Crippen molar-refractivity contribution in [1.82, 2.24) is 0 Å². The molecule has 55 heavy (non-hydrogen) atoms. The van der Waals surface area contributed by atoms with Gasteiger partial charge in [-0.25, -0.2) is 0 Å². The molecule has 8 aromatic carbocycles. The number of hydrogen-bond acceptors (Lipinski definition) is 2. The molecule has 8 rings (SSSR count). The minimum absolute atomic E-state index is 0.981. The van der Waals surface area contributed by atoms with Crippen molar-refractivity contribution in [3.05, 3.63) is 242 Å². The standard InChI is InChI=1S/C53H42N2/c1-3-47(33-26-40(2)41-16-7-4-8-17-41)54(49-34-27-43(28-35-49)42-18-9-5-10-19-42)50-36-29-44(30-37-50)45-31-38-51(39-32-45)55(48-22-11-6-12-23-48)53-25-15-21-46-20-13-14-24-52(46)53/h3-39H,1H2,2H3/b40-26+,47-33+. The molecule has 0 saturated heterocycles. The normalized spacial score (nSPS) is 11.7. The first-order valence-corrected chi connectivity index (χ1v) is 18.7. The van der Waals surface area contributed by atoms with E-state index in [2.05, 4.69) is 236 Å². The van der Waals surface area contributed by atoms with Gasteiger partial charge in [0.1, 0.15) is 0 Å². The highest BCUT2D eigenvalue weighted by molar-refractivity contribution is 5.99. The summed E-state index contributed by atoms with van der Waals surface area (Å²) in [5, 5.41) is 2.43. The highest BCUT2D eigenvalue weighted by atomic mass is 15.1. The molecule has 0 N–H and O–H groups in total. The van der Waals surface area contributed by atoms with Crippen LogP contribution in [0.3, 0.4) is 0 Å². The fraction of sp³-hybridized carbons (Fsp3) is 0.0189. The lowest BCUT2D eigenvalue weighted by atomic mass is 10.0. The zero-order valence-electron chi connectivity index (χ0n) is 31.0. The van der Waals surface area contributed by atoms with Gasteiger partial charge in [-0.05, 0) is 112 Å². The van der Waals surface area contributed by atoms with Crippen LogP contribution in [-0.4, -0.2) is 0 Å². The second kappa shape index (κ2) is 16.2. The van der Waals surface area contributed by atoms with E-state index >= 15 is 0 Å². The Morgan fingerprint density at radius 3 is 1.45 bits per heavy atom. The third-order valence-corrected chi connectivity index (χ3v) is 10.0. The van der Waals surface area contributed by atoms with E-state index in [1.165, 1.54) is 33.0 Å². The smallest absolute Gasteiger partial charge is 0.0540 e. The number of anilines is 5. The van der Waals surface area contributed by atoms with Crippen LogP contribution in [0, 0.1) is 0 Å². The van der Waals surface area contributed by atoms with Crippen molar-refractivity contribution in [3.63, 3.8) is 0 Å². The van der Waals surface area contributed by atoms with E-state index in [1.54, 1.807) is 0 Å². The average Bonchev–Trinajstić information content (AvgIpc) is 3.27. The van der Waals surface area contributed by atoms with Crippen molar-refractivity contribution in [3.8, 4) is 22.3 Å². The van der Waals surface area contributed by atoms with E-state index in [0.717, 1.165) is 45.3 Å². The molecule has 0 atom stereocenters. The molecular weight excluding hydrogens is 665 g/mol. The Hall–Kier alpha value is -7.16. The van der Waals surface area contributed by atoms with Gasteiger partial charge in [0.05, 0.1) is 5.69 Å². The van der Waals surface area contributed by atoms with E-state index in [0.29, 0.717) is 0 Å². The average molecular weight is 707 g/mol. The highest BCUT2D eigenvalue weighted by Gasteiger charge is 2.16. The summed E-state index contributed by atoms with van der Waals surface area (Å²) >= 11 is 0. The Morgan fingerprint density at radius 2 is 0.873 bits per heavy atom. The molecule has 0 aliphatic heterocycles. The van der Waals surface area contributed by atoms with Crippen LogP contribution in [0.5, 0.6) is 0 Å². The number of benzene rings is 8. The molecule has 8 aromatic rings. The maximum Gasteiger partial charge on any atom is 0.0540 e. The predicted octanol–water partition coefficient (Wildman–Crippen LogP) is 15.0. The molecular formula is C53H42N2. The number of para-hydroxylation sites is 1. The summed E-state index contributed by atoms with van der Waals surface area (Å²) in [5.74, 6) is 0. The zero-order valence-corrected chi connectivity index (χ0v) is 31.0. The van der Waals surface area contributed by atoms with Gasteiger partial charge in [-0.15, -0.1) is 0 Å². The molecule has 0 fully saturated rings. The predicted molar refractivity (Wildman–Crippen MR) is 236 cm³/mol. The third kappa shape index (κ3) is 7.67. The number of nitrogens with zero attached hydrogens (tertiary/aromatic N) is 2. The van der Waals surface area contributed by atoms with Crippen molar-refractivity contribution in [2.75, 3.05) is 9.80 Å². The first-order valence-electron chi connectivity index (χ1n) is 18.7. The highest BCUT2D eigenvalue weighted by Crippen LogP contribution is 2.40. The molecule has 264 valence electrons. The van der Waals surface area contributed by atoms with Crippen LogP contribution < -0.4 is 9.80 Å². The van der Waals surface area contributed by atoms with Crippen molar-refractivity contribution in [2.45, 2.75) is 6.92 Å². The molecule has 0 heterocycles. The van der Waals surface area contributed by atoms with Gasteiger partial charge in [0.2, 0.25) is 0 Å². The number of rotatable bonds is 11. The monoisotopic (exact) mass is 706 g/mol. The molecule has 0 aliphatic carbocycles. The number of allylic oxidation sites excluding steroid dienone is 4. The van der Waals surface area contributed by atoms with Gasteiger partial charge in [0, 0.05) is 33.8 Å². The maximum atomic E-state index is 4.25. The molecule has 0 amide bonds. The summed E-state index contributed by atoms with van der Waals surface area (Å²) in [7, 11) is 0. The van der Waals surface area contributed by atoms with Crippen molar-refractivity contribution < 1.29 is 0 Å². The molecule has 0 saturated carbocycles. The van der Waals surface area contributed by atoms with Crippen LogP contribution >= 0.6 is 0 Å². The van der Waals surface area contributed by atoms with Crippen LogP contribution in [0.25, 0.3) is 38.6 Å². The minimum Gasteiger partial charge on any atom is -0.311 e. The number of fused-ring (bicyclic) bond motifs is 1. The first-order chi connectivity index (χ1) is 27.2. The van der Waals surface area contributed by atoms with E-state index in [9.17, 15) is 0 Å². The second-order valence-electron chi connectivity index (χ2n) is 13.5. The van der Waals surface area contributed by atoms with Crippen LogP contribution in [0.1, 0.15) is 12.5 Å². The maximum absolute atomic E-state index is 4.25. The quantitative estimate of drug-likeness (QED) is 0.124. The Kier molecular flexibility index (Phi) is 10.3. The fourth-order valence-corrected chi connectivity index (χ4v) is 7.14. The van der Waals surface area contributed by atoms with Crippen LogP contribution in [-0.2, 0) is 0 Å². The molecule has 0 unspecified atom stereocenters. The lowest BCUT2D eigenvalue weighted by Crippen LogP contribution is -2.15. The Balaban J connectivity index is 1.13. The van der Waals surface area contributed by atoms with E-state index in [4.69, 9.17) is 0 Å². The lowest BCUT2D eigenvalue weighted by molar-refractivity contribution is 1.21. The summed E-state index contributed by atoms with van der Waals surface area (Å²) in [6.45, 7) is 6.40. The Labute approximate surface area is 324 Å². The number of hydrogen-bond donors (Lipinski definition) is 0.